The molecule has 0 fully saturated rings. The normalized spacial score (nSPS) is 21.2. The molecule has 322 valence electrons. The largest absolute Gasteiger partial charge is 0.311 e. The first-order chi connectivity index (χ1) is 28.5. The van der Waals surface area contributed by atoms with Crippen molar-refractivity contribution in [1.82, 2.24) is 0 Å². The van der Waals surface area contributed by atoms with Gasteiger partial charge in [-0.2, -0.15) is 0 Å². The zero-order chi connectivity index (χ0) is 44.8. The molecule has 5 aromatic rings. The van der Waals surface area contributed by atoms with Gasteiger partial charge < -0.3 is 9.80 Å². The van der Waals surface area contributed by atoms with E-state index in [1.165, 1.54) is 119 Å². The van der Waals surface area contributed by atoms with Gasteiger partial charge in [0.2, 0.25) is 0 Å². The summed E-state index contributed by atoms with van der Waals surface area (Å²) in [5, 5.41) is 0. The molecule has 62 heavy (non-hydrogen) atoms. The van der Waals surface area contributed by atoms with E-state index in [2.05, 4.69) is 201 Å². The average molecular weight is 821 g/mol. The summed E-state index contributed by atoms with van der Waals surface area (Å²) in [6.07, 6.45) is 4.70. The number of hydrogen-bond donors (Lipinski definition) is 0. The van der Waals surface area contributed by atoms with Gasteiger partial charge in [-0.05, 0) is 193 Å². The summed E-state index contributed by atoms with van der Waals surface area (Å²) in [5.74, 6) is 0. The lowest BCUT2D eigenvalue weighted by Crippen LogP contribution is -2.62. The fourth-order valence-electron chi connectivity index (χ4n) is 13.9. The fourth-order valence-corrected chi connectivity index (χ4v) is 13.9. The monoisotopic (exact) mass is 821 g/mol. The lowest BCUT2D eigenvalue weighted by molar-refractivity contribution is 0.332. The van der Waals surface area contributed by atoms with Crippen molar-refractivity contribution in [3.05, 3.63) is 122 Å². The summed E-state index contributed by atoms with van der Waals surface area (Å²) in [4.78, 5) is 5.43. The zero-order valence-electron chi connectivity index (χ0n) is 41.7. The van der Waals surface area contributed by atoms with E-state index in [1.54, 1.807) is 0 Å². The summed E-state index contributed by atoms with van der Waals surface area (Å²) in [6, 6.07) is 28.3. The molecule has 2 aliphatic heterocycles. The number of anilines is 6. The third kappa shape index (κ3) is 5.80. The molecule has 5 aromatic carbocycles. The van der Waals surface area contributed by atoms with E-state index in [0.717, 1.165) is 12.8 Å². The van der Waals surface area contributed by atoms with Crippen molar-refractivity contribution in [3.8, 4) is 0 Å². The maximum atomic E-state index is 2.74. The molecule has 2 heterocycles. The number of hydrogen-bond acceptors (Lipinski definition) is 2. The van der Waals surface area contributed by atoms with E-state index in [4.69, 9.17) is 0 Å². The predicted molar refractivity (Wildman–Crippen MR) is 270 cm³/mol. The van der Waals surface area contributed by atoms with Gasteiger partial charge in [0.15, 0.2) is 0 Å². The van der Waals surface area contributed by atoms with E-state index in [1.807, 2.05) is 0 Å². The van der Waals surface area contributed by atoms with Crippen LogP contribution in [0, 0.1) is 20.8 Å². The Morgan fingerprint density at radius 1 is 0.419 bits per heavy atom. The Bertz CT molecular complexity index is 2780. The smallest absolute Gasteiger partial charge is 0.252 e. The van der Waals surface area contributed by atoms with Crippen LogP contribution in [-0.4, -0.2) is 6.71 Å². The molecule has 0 bridgehead atoms. The lowest BCUT2D eigenvalue weighted by Gasteiger charge is -2.48. The van der Waals surface area contributed by atoms with E-state index in [-0.39, 0.29) is 44.6 Å². The van der Waals surface area contributed by atoms with E-state index < -0.39 is 0 Å². The molecule has 10 rings (SSSR count). The van der Waals surface area contributed by atoms with Crippen LogP contribution in [0.1, 0.15) is 185 Å². The van der Waals surface area contributed by atoms with Gasteiger partial charge in [-0.25, -0.2) is 0 Å². The predicted octanol–water partition coefficient (Wildman–Crippen LogP) is 14.3. The molecule has 0 spiro atoms. The lowest BCUT2D eigenvalue weighted by atomic mass is 9.33. The first-order valence-corrected chi connectivity index (χ1v) is 23.9. The van der Waals surface area contributed by atoms with Gasteiger partial charge in [0.1, 0.15) is 0 Å². The molecule has 0 unspecified atom stereocenters. The van der Waals surface area contributed by atoms with Crippen LogP contribution < -0.4 is 26.2 Å². The molecule has 0 atom stereocenters. The Hall–Kier alpha value is -4.24. The van der Waals surface area contributed by atoms with Gasteiger partial charge >= 0.3 is 0 Å². The van der Waals surface area contributed by atoms with Crippen molar-refractivity contribution >= 4 is 57.2 Å². The maximum Gasteiger partial charge on any atom is 0.252 e. The molecule has 3 aliphatic carbocycles. The Kier molecular flexibility index (Phi) is 8.43. The molecule has 0 aromatic heterocycles. The third-order valence-electron chi connectivity index (χ3n) is 16.9. The van der Waals surface area contributed by atoms with Gasteiger partial charge in [-0.1, -0.05) is 134 Å². The minimum Gasteiger partial charge on any atom is -0.311 e. The Morgan fingerprint density at radius 3 is 1.27 bits per heavy atom. The molecule has 3 heteroatoms. The SMILES string of the molecule is Cc1cc2c3c(c1)N(c1cc4c(cc1C)C(C)(C)CC4(C)C)c1cc4c(cc1B3c1cc(C(C)(C)C)ccc1N2c1cc2c(cc1C)C(C)(C)CC2(C)C)C(C)(C)CCC4(C)C. The first kappa shape index (κ1) is 41.8. The summed E-state index contributed by atoms with van der Waals surface area (Å²) in [6.45, 7) is 43.9. The van der Waals surface area contributed by atoms with Crippen LogP contribution in [0.3, 0.4) is 0 Å². The highest BCUT2D eigenvalue weighted by molar-refractivity contribution is 7.00. The van der Waals surface area contributed by atoms with Crippen LogP contribution in [-0.2, 0) is 37.9 Å². The van der Waals surface area contributed by atoms with E-state index in [9.17, 15) is 0 Å². The topological polar surface area (TPSA) is 6.48 Å². The fraction of sp³-hybridized carbons (Fsp3) is 0.492. The zero-order valence-corrected chi connectivity index (χ0v) is 41.7. The minimum absolute atomic E-state index is 0.00282. The number of aryl methyl sites for hydroxylation is 3. The van der Waals surface area contributed by atoms with Crippen molar-refractivity contribution in [2.24, 2.45) is 0 Å². The van der Waals surface area contributed by atoms with E-state index in [0.29, 0.717) is 0 Å². The molecule has 2 nitrogen and oxygen atoms in total. The first-order valence-electron chi connectivity index (χ1n) is 23.9. The van der Waals surface area contributed by atoms with Crippen LogP contribution >= 0.6 is 0 Å². The van der Waals surface area contributed by atoms with Crippen LogP contribution in [0.4, 0.5) is 34.1 Å². The highest BCUT2D eigenvalue weighted by Gasteiger charge is 2.49. The minimum atomic E-state index is 0.00282. The second-order valence-electron chi connectivity index (χ2n) is 25.8. The second-order valence-corrected chi connectivity index (χ2v) is 25.8. The molecule has 0 saturated heterocycles. The summed E-state index contributed by atoms with van der Waals surface area (Å²) >= 11 is 0. The third-order valence-corrected chi connectivity index (χ3v) is 16.9. The van der Waals surface area contributed by atoms with Crippen molar-refractivity contribution in [2.75, 3.05) is 9.80 Å². The number of nitrogens with zero attached hydrogens (tertiary/aromatic N) is 2. The van der Waals surface area contributed by atoms with Gasteiger partial charge in [-0.3, -0.25) is 0 Å². The van der Waals surface area contributed by atoms with Gasteiger partial charge in [-0.15, -0.1) is 0 Å². The maximum absolute atomic E-state index is 2.74. The molecular weight excluding hydrogens is 747 g/mol. The second kappa shape index (κ2) is 12.5. The quantitative estimate of drug-likeness (QED) is 0.160. The molecule has 5 aliphatic rings. The van der Waals surface area contributed by atoms with Crippen molar-refractivity contribution in [2.45, 2.75) is 188 Å². The summed E-state index contributed by atoms with van der Waals surface area (Å²) < 4.78 is 0. The highest BCUT2D eigenvalue weighted by Crippen LogP contribution is 2.56. The number of benzene rings is 5. The average Bonchev–Trinajstić information content (AvgIpc) is 3.44. The van der Waals surface area contributed by atoms with Crippen LogP contribution in [0.2, 0.25) is 0 Å². The Morgan fingerprint density at radius 2 is 0.806 bits per heavy atom. The van der Waals surface area contributed by atoms with Crippen LogP contribution in [0.15, 0.2) is 66.7 Å². The van der Waals surface area contributed by atoms with Crippen LogP contribution in [0.25, 0.3) is 0 Å². The molecule has 0 saturated carbocycles. The summed E-state index contributed by atoms with van der Waals surface area (Å²) in [5.41, 5.74) is 27.4. The van der Waals surface area contributed by atoms with Crippen molar-refractivity contribution in [3.63, 3.8) is 0 Å². The molecule has 0 amide bonds. The standard InChI is InChI=1S/C59H73BN2/c1-34-23-50-52-51(24-34)62(48-30-43-39(26-36(48)3)57(13,14)33-59(43,17)18)49-31-41-40(54(7,8)21-22-55(41,9)10)28-45(49)60(52)44-27-37(53(4,5)6)19-20-46(44)61(50)47-29-42-38(25-35(47)2)56(11,12)32-58(42,15)16/h19-20,23-31H,21-22,32-33H2,1-18H3. The highest BCUT2D eigenvalue weighted by atomic mass is 15.2. The molecule has 0 radical (unpaired) electrons. The Labute approximate surface area is 376 Å². The summed E-state index contributed by atoms with van der Waals surface area (Å²) in [7, 11) is 0. The molecule has 0 N–H and O–H groups in total. The van der Waals surface area contributed by atoms with Crippen molar-refractivity contribution < 1.29 is 0 Å². The Balaban J connectivity index is 1.34. The van der Waals surface area contributed by atoms with Gasteiger partial charge in [0.05, 0.1) is 0 Å². The van der Waals surface area contributed by atoms with Crippen molar-refractivity contribution in [1.29, 1.82) is 0 Å². The van der Waals surface area contributed by atoms with Crippen LogP contribution in [0.5, 0.6) is 0 Å². The van der Waals surface area contributed by atoms with Gasteiger partial charge in [0, 0.05) is 34.1 Å². The molecular formula is C59H73BN2. The van der Waals surface area contributed by atoms with Gasteiger partial charge in [0.25, 0.3) is 6.71 Å². The number of rotatable bonds is 2. The number of fused-ring (bicyclic) bond motifs is 7. The van der Waals surface area contributed by atoms with E-state index >= 15 is 0 Å².